The SMILES string of the molecule is O=C(Nc1ccc2ncccc2c1)c1ccccc1-c1ncc(-c2ccccc2F)o1. The van der Waals surface area contributed by atoms with E-state index in [0.717, 1.165) is 10.9 Å². The van der Waals surface area contributed by atoms with Gasteiger partial charge in [0.25, 0.3) is 5.91 Å². The summed E-state index contributed by atoms with van der Waals surface area (Å²) in [6.45, 7) is 0. The zero-order chi connectivity index (χ0) is 21.2. The molecule has 0 saturated carbocycles. The highest BCUT2D eigenvalue weighted by molar-refractivity contribution is 6.08. The Balaban J connectivity index is 1.46. The van der Waals surface area contributed by atoms with Gasteiger partial charge >= 0.3 is 0 Å². The molecule has 0 radical (unpaired) electrons. The van der Waals surface area contributed by atoms with Crippen molar-refractivity contribution in [2.45, 2.75) is 0 Å². The molecule has 2 heterocycles. The van der Waals surface area contributed by atoms with Crippen molar-refractivity contribution >= 4 is 22.5 Å². The minimum atomic E-state index is -0.401. The second kappa shape index (κ2) is 7.84. The van der Waals surface area contributed by atoms with Gasteiger partial charge in [-0.05, 0) is 48.5 Å². The quantitative estimate of drug-likeness (QED) is 0.398. The maximum Gasteiger partial charge on any atom is 0.256 e. The topological polar surface area (TPSA) is 68.0 Å². The molecule has 0 bridgehead atoms. The van der Waals surface area contributed by atoms with Crippen LogP contribution < -0.4 is 5.32 Å². The van der Waals surface area contributed by atoms with Gasteiger partial charge in [-0.2, -0.15) is 0 Å². The summed E-state index contributed by atoms with van der Waals surface area (Å²) in [5, 5.41) is 3.84. The molecule has 5 aromatic rings. The van der Waals surface area contributed by atoms with Gasteiger partial charge in [0.05, 0.1) is 22.8 Å². The first-order chi connectivity index (χ1) is 15.2. The van der Waals surface area contributed by atoms with Crippen LogP contribution in [0.5, 0.6) is 0 Å². The van der Waals surface area contributed by atoms with Gasteiger partial charge in [-0.1, -0.05) is 30.3 Å². The predicted octanol–water partition coefficient (Wildman–Crippen LogP) is 5.95. The number of anilines is 1. The Kier molecular flexibility index (Phi) is 4.72. The van der Waals surface area contributed by atoms with Gasteiger partial charge in [0.1, 0.15) is 5.82 Å². The lowest BCUT2D eigenvalue weighted by molar-refractivity contribution is 0.102. The van der Waals surface area contributed by atoms with E-state index < -0.39 is 5.82 Å². The monoisotopic (exact) mass is 409 g/mol. The van der Waals surface area contributed by atoms with Crippen molar-refractivity contribution in [1.82, 2.24) is 9.97 Å². The summed E-state index contributed by atoms with van der Waals surface area (Å²) in [5.41, 5.74) is 2.73. The van der Waals surface area contributed by atoms with Crippen molar-refractivity contribution < 1.29 is 13.6 Å². The minimum absolute atomic E-state index is 0.242. The van der Waals surface area contributed by atoms with Gasteiger partial charge in [0, 0.05) is 22.8 Å². The van der Waals surface area contributed by atoms with E-state index in [4.69, 9.17) is 4.42 Å². The first kappa shape index (κ1) is 18.7. The third-order valence-corrected chi connectivity index (χ3v) is 4.91. The van der Waals surface area contributed by atoms with Gasteiger partial charge < -0.3 is 9.73 Å². The van der Waals surface area contributed by atoms with Crippen LogP contribution in [0.25, 0.3) is 33.7 Å². The van der Waals surface area contributed by atoms with Crippen LogP contribution in [0.2, 0.25) is 0 Å². The van der Waals surface area contributed by atoms with E-state index in [-0.39, 0.29) is 11.8 Å². The number of carbonyl (C=O) groups excluding carboxylic acids is 1. The van der Waals surface area contributed by atoms with Crippen molar-refractivity contribution in [3.63, 3.8) is 0 Å². The molecule has 5 nitrogen and oxygen atoms in total. The fraction of sp³-hybridized carbons (Fsp3) is 0. The standard InChI is InChI=1S/C25H16FN3O2/c26-21-10-4-3-9-20(21)23-15-28-25(31-23)19-8-2-1-7-18(19)24(30)29-17-11-12-22-16(14-17)6-5-13-27-22/h1-15H,(H,29,30). The van der Waals surface area contributed by atoms with Gasteiger partial charge in [-0.3, -0.25) is 9.78 Å². The average molecular weight is 409 g/mol. The highest BCUT2D eigenvalue weighted by Crippen LogP contribution is 2.30. The number of nitrogens with one attached hydrogen (secondary N) is 1. The zero-order valence-electron chi connectivity index (χ0n) is 16.2. The molecular formula is C25H16FN3O2. The molecule has 0 spiro atoms. The number of hydrogen-bond donors (Lipinski definition) is 1. The third-order valence-electron chi connectivity index (χ3n) is 4.91. The second-order valence-corrected chi connectivity index (χ2v) is 6.92. The van der Waals surface area contributed by atoms with Crippen LogP contribution >= 0.6 is 0 Å². The average Bonchev–Trinajstić information content (AvgIpc) is 3.29. The number of amides is 1. The Hall–Kier alpha value is -4.32. The number of carbonyl (C=O) groups is 1. The molecule has 0 fully saturated rings. The van der Waals surface area contributed by atoms with Crippen LogP contribution in [0.1, 0.15) is 10.4 Å². The van der Waals surface area contributed by atoms with E-state index in [9.17, 15) is 9.18 Å². The molecule has 1 N–H and O–H groups in total. The number of aromatic nitrogens is 2. The summed E-state index contributed by atoms with van der Waals surface area (Å²) < 4.78 is 19.9. The Bertz CT molecular complexity index is 1410. The second-order valence-electron chi connectivity index (χ2n) is 6.92. The highest BCUT2D eigenvalue weighted by Gasteiger charge is 2.18. The Morgan fingerprint density at radius 3 is 2.55 bits per heavy atom. The smallest absolute Gasteiger partial charge is 0.256 e. The van der Waals surface area contributed by atoms with Gasteiger partial charge in [-0.25, -0.2) is 9.37 Å². The molecule has 31 heavy (non-hydrogen) atoms. The molecule has 150 valence electrons. The van der Waals surface area contributed by atoms with E-state index in [1.807, 2.05) is 24.3 Å². The summed E-state index contributed by atoms with van der Waals surface area (Å²) >= 11 is 0. The Morgan fingerprint density at radius 2 is 1.68 bits per heavy atom. The number of benzene rings is 3. The van der Waals surface area contributed by atoms with Gasteiger partial charge in [0.2, 0.25) is 5.89 Å². The molecule has 0 saturated heterocycles. The number of rotatable bonds is 4. The fourth-order valence-electron chi connectivity index (χ4n) is 3.40. The lowest BCUT2D eigenvalue weighted by Gasteiger charge is -2.09. The number of oxazole rings is 1. The van der Waals surface area contributed by atoms with E-state index in [1.54, 1.807) is 54.7 Å². The largest absolute Gasteiger partial charge is 0.436 e. The number of halogens is 1. The molecule has 0 unspecified atom stereocenters. The van der Waals surface area contributed by atoms with Crippen LogP contribution in [0.15, 0.2) is 95.7 Å². The molecule has 1 amide bonds. The first-order valence-electron chi connectivity index (χ1n) is 9.65. The number of fused-ring (bicyclic) bond motifs is 1. The molecule has 0 aliphatic rings. The van der Waals surface area contributed by atoms with Crippen molar-refractivity contribution in [1.29, 1.82) is 0 Å². The molecule has 6 heteroatoms. The van der Waals surface area contributed by atoms with E-state index in [2.05, 4.69) is 15.3 Å². The van der Waals surface area contributed by atoms with Gasteiger partial charge in [-0.15, -0.1) is 0 Å². The molecular weight excluding hydrogens is 393 g/mol. The maximum absolute atomic E-state index is 14.1. The van der Waals surface area contributed by atoms with E-state index in [1.165, 1.54) is 12.3 Å². The molecule has 5 rings (SSSR count). The Labute approximate surface area is 177 Å². The lowest BCUT2D eigenvalue weighted by atomic mass is 10.1. The molecule has 0 aliphatic carbocycles. The first-order valence-corrected chi connectivity index (χ1v) is 9.65. The third kappa shape index (κ3) is 3.67. The van der Waals surface area contributed by atoms with Crippen molar-refractivity contribution in [3.05, 3.63) is 103 Å². The number of pyridine rings is 1. The van der Waals surface area contributed by atoms with Crippen LogP contribution in [0.3, 0.4) is 0 Å². The zero-order valence-corrected chi connectivity index (χ0v) is 16.2. The van der Waals surface area contributed by atoms with E-state index in [0.29, 0.717) is 28.1 Å². The maximum atomic E-state index is 14.1. The van der Waals surface area contributed by atoms with Crippen molar-refractivity contribution in [2.75, 3.05) is 5.32 Å². The summed E-state index contributed by atoms with van der Waals surface area (Å²) in [7, 11) is 0. The van der Waals surface area contributed by atoms with Crippen molar-refractivity contribution in [3.8, 4) is 22.8 Å². The van der Waals surface area contributed by atoms with Crippen LogP contribution in [0, 0.1) is 5.82 Å². The lowest BCUT2D eigenvalue weighted by Crippen LogP contribution is -2.13. The molecule has 3 aromatic carbocycles. The van der Waals surface area contributed by atoms with Gasteiger partial charge in [0.15, 0.2) is 5.76 Å². The molecule has 2 aromatic heterocycles. The fourth-order valence-corrected chi connectivity index (χ4v) is 3.40. The predicted molar refractivity (Wildman–Crippen MR) is 117 cm³/mol. The minimum Gasteiger partial charge on any atom is -0.436 e. The van der Waals surface area contributed by atoms with E-state index >= 15 is 0 Å². The van der Waals surface area contributed by atoms with Crippen molar-refractivity contribution in [2.24, 2.45) is 0 Å². The summed E-state index contributed by atoms with van der Waals surface area (Å²) in [6.07, 6.45) is 3.18. The van der Waals surface area contributed by atoms with Crippen LogP contribution in [-0.2, 0) is 0 Å². The summed E-state index contributed by atoms with van der Waals surface area (Å²) in [5.74, 6) is -0.163. The summed E-state index contributed by atoms with van der Waals surface area (Å²) in [6, 6.07) is 22.6. The number of hydrogen-bond acceptors (Lipinski definition) is 4. The van der Waals surface area contributed by atoms with Crippen LogP contribution in [-0.4, -0.2) is 15.9 Å². The number of nitrogens with zero attached hydrogens (tertiary/aromatic N) is 2. The van der Waals surface area contributed by atoms with Crippen LogP contribution in [0.4, 0.5) is 10.1 Å². The molecule has 0 aliphatic heterocycles. The molecule has 0 atom stereocenters. The highest BCUT2D eigenvalue weighted by atomic mass is 19.1. The normalized spacial score (nSPS) is 10.9. The summed E-state index contributed by atoms with van der Waals surface area (Å²) in [4.78, 5) is 21.6. The Morgan fingerprint density at radius 1 is 0.871 bits per heavy atom.